The summed E-state index contributed by atoms with van der Waals surface area (Å²) in [6, 6.07) is 4.53. The summed E-state index contributed by atoms with van der Waals surface area (Å²) in [7, 11) is 0. The SMILES string of the molecule is Cc1cc(F)ccc1-c1nc(C2CCCC2)c(I)c(=O)[nH]1. The lowest BCUT2D eigenvalue weighted by Crippen LogP contribution is -2.18. The highest BCUT2D eigenvalue weighted by molar-refractivity contribution is 14.1. The highest BCUT2D eigenvalue weighted by Crippen LogP contribution is 2.35. The number of H-pyrrole nitrogens is 1. The molecule has 0 bridgehead atoms. The zero-order chi connectivity index (χ0) is 15.0. The molecule has 1 aromatic carbocycles. The lowest BCUT2D eigenvalue weighted by Gasteiger charge is -2.13. The van der Waals surface area contributed by atoms with Crippen LogP contribution in [0.3, 0.4) is 0 Å². The molecule has 3 rings (SSSR count). The van der Waals surface area contributed by atoms with E-state index < -0.39 is 0 Å². The van der Waals surface area contributed by atoms with Gasteiger partial charge in [0.2, 0.25) is 0 Å². The van der Waals surface area contributed by atoms with Crippen LogP contribution in [0.25, 0.3) is 11.4 Å². The fraction of sp³-hybridized carbons (Fsp3) is 0.375. The van der Waals surface area contributed by atoms with Gasteiger partial charge in [0, 0.05) is 11.5 Å². The molecule has 1 aliphatic rings. The Labute approximate surface area is 136 Å². The molecule has 3 nitrogen and oxygen atoms in total. The molecule has 1 aliphatic carbocycles. The predicted octanol–water partition coefficient (Wildman–Crippen LogP) is 4.15. The number of aromatic nitrogens is 2. The van der Waals surface area contributed by atoms with E-state index in [-0.39, 0.29) is 11.4 Å². The largest absolute Gasteiger partial charge is 0.306 e. The predicted molar refractivity (Wildman–Crippen MR) is 88.9 cm³/mol. The van der Waals surface area contributed by atoms with E-state index in [1.54, 1.807) is 6.07 Å². The lowest BCUT2D eigenvalue weighted by molar-refractivity contribution is 0.626. The third kappa shape index (κ3) is 2.88. The number of rotatable bonds is 2. The maximum absolute atomic E-state index is 13.2. The van der Waals surface area contributed by atoms with Gasteiger partial charge < -0.3 is 4.98 Å². The van der Waals surface area contributed by atoms with E-state index in [4.69, 9.17) is 4.98 Å². The Morgan fingerprint density at radius 2 is 2.05 bits per heavy atom. The van der Waals surface area contributed by atoms with E-state index in [1.165, 1.54) is 25.0 Å². The van der Waals surface area contributed by atoms with Gasteiger partial charge in [-0.1, -0.05) is 12.8 Å². The summed E-state index contributed by atoms with van der Waals surface area (Å²) in [5.41, 5.74) is 2.35. The maximum atomic E-state index is 13.2. The second-order valence-corrected chi connectivity index (χ2v) is 6.63. The number of aromatic amines is 1. The van der Waals surface area contributed by atoms with Gasteiger partial charge in [0.05, 0.1) is 9.26 Å². The zero-order valence-electron chi connectivity index (χ0n) is 11.7. The second-order valence-electron chi connectivity index (χ2n) is 5.55. The first-order valence-corrected chi connectivity index (χ1v) is 8.20. The fourth-order valence-corrected chi connectivity index (χ4v) is 3.66. The van der Waals surface area contributed by atoms with Gasteiger partial charge in [0.15, 0.2) is 0 Å². The summed E-state index contributed by atoms with van der Waals surface area (Å²) >= 11 is 2.08. The summed E-state index contributed by atoms with van der Waals surface area (Å²) < 4.78 is 13.9. The molecule has 1 heterocycles. The van der Waals surface area contributed by atoms with Crippen LogP contribution in [-0.4, -0.2) is 9.97 Å². The Bertz CT molecular complexity index is 736. The van der Waals surface area contributed by atoms with E-state index in [0.717, 1.165) is 29.7 Å². The minimum atomic E-state index is -0.278. The van der Waals surface area contributed by atoms with Crippen LogP contribution in [0.2, 0.25) is 0 Å². The molecule has 110 valence electrons. The highest BCUT2D eigenvalue weighted by atomic mass is 127. The van der Waals surface area contributed by atoms with E-state index >= 15 is 0 Å². The number of nitrogens with one attached hydrogen (secondary N) is 1. The van der Waals surface area contributed by atoms with Gasteiger partial charge in [-0.3, -0.25) is 4.79 Å². The first-order valence-electron chi connectivity index (χ1n) is 7.12. The number of hydrogen-bond acceptors (Lipinski definition) is 2. The van der Waals surface area contributed by atoms with Crippen molar-refractivity contribution >= 4 is 22.6 Å². The van der Waals surface area contributed by atoms with Gasteiger partial charge in [-0.25, -0.2) is 9.37 Å². The molecule has 0 amide bonds. The Balaban J connectivity index is 2.13. The molecule has 0 spiro atoms. The van der Waals surface area contributed by atoms with Crippen LogP contribution in [0.15, 0.2) is 23.0 Å². The molecule has 0 radical (unpaired) electrons. The van der Waals surface area contributed by atoms with Crippen molar-refractivity contribution in [3.05, 3.63) is 49.2 Å². The minimum absolute atomic E-state index is 0.105. The Kier molecular flexibility index (Phi) is 4.10. The summed E-state index contributed by atoms with van der Waals surface area (Å²) in [5.74, 6) is 0.638. The average Bonchev–Trinajstić information content (AvgIpc) is 2.96. The van der Waals surface area contributed by atoms with Gasteiger partial charge in [-0.05, 0) is 66.1 Å². The molecule has 21 heavy (non-hydrogen) atoms. The third-order valence-corrected chi connectivity index (χ3v) is 5.12. The molecule has 1 saturated carbocycles. The average molecular weight is 398 g/mol. The summed E-state index contributed by atoms with van der Waals surface area (Å²) in [6.45, 7) is 1.83. The van der Waals surface area contributed by atoms with Crippen molar-refractivity contribution in [2.45, 2.75) is 38.5 Å². The first kappa shape index (κ1) is 14.7. The van der Waals surface area contributed by atoms with Crippen molar-refractivity contribution in [1.29, 1.82) is 0 Å². The van der Waals surface area contributed by atoms with Crippen LogP contribution in [0, 0.1) is 16.3 Å². The lowest BCUT2D eigenvalue weighted by atomic mass is 10.0. The molecule has 1 aromatic heterocycles. The molecule has 1 N–H and O–H groups in total. The van der Waals surface area contributed by atoms with Gasteiger partial charge in [0.25, 0.3) is 5.56 Å². The van der Waals surface area contributed by atoms with E-state index in [1.807, 2.05) is 6.92 Å². The van der Waals surface area contributed by atoms with Crippen molar-refractivity contribution in [2.75, 3.05) is 0 Å². The van der Waals surface area contributed by atoms with Crippen molar-refractivity contribution in [3.8, 4) is 11.4 Å². The molecule has 0 atom stereocenters. The summed E-state index contributed by atoms with van der Waals surface area (Å²) in [6.07, 6.45) is 4.57. The molecule has 1 fully saturated rings. The van der Waals surface area contributed by atoms with Gasteiger partial charge >= 0.3 is 0 Å². The summed E-state index contributed by atoms with van der Waals surface area (Å²) in [4.78, 5) is 19.7. The van der Waals surface area contributed by atoms with E-state index in [9.17, 15) is 9.18 Å². The molecule has 0 unspecified atom stereocenters. The summed E-state index contributed by atoms with van der Waals surface area (Å²) in [5, 5.41) is 0. The van der Waals surface area contributed by atoms with Crippen LogP contribution in [-0.2, 0) is 0 Å². The zero-order valence-corrected chi connectivity index (χ0v) is 13.9. The quantitative estimate of drug-likeness (QED) is 0.773. The molecule has 5 heteroatoms. The number of halogens is 2. The number of aryl methyl sites for hydroxylation is 1. The van der Waals surface area contributed by atoms with Crippen molar-refractivity contribution in [3.63, 3.8) is 0 Å². The topological polar surface area (TPSA) is 45.8 Å². The molecule has 2 aromatic rings. The number of benzene rings is 1. The smallest absolute Gasteiger partial charge is 0.264 e. The molecule has 0 aliphatic heterocycles. The van der Waals surface area contributed by atoms with Crippen LogP contribution in [0.4, 0.5) is 4.39 Å². The molecule has 0 saturated heterocycles. The molecular formula is C16H16FIN2O. The monoisotopic (exact) mass is 398 g/mol. The van der Waals surface area contributed by atoms with Crippen LogP contribution >= 0.6 is 22.6 Å². The van der Waals surface area contributed by atoms with Crippen LogP contribution < -0.4 is 5.56 Å². The fourth-order valence-electron chi connectivity index (χ4n) is 2.97. The van der Waals surface area contributed by atoms with Crippen LogP contribution in [0.5, 0.6) is 0 Å². The van der Waals surface area contributed by atoms with Crippen LogP contribution in [0.1, 0.15) is 42.9 Å². The highest BCUT2D eigenvalue weighted by Gasteiger charge is 2.23. The first-order chi connectivity index (χ1) is 10.1. The van der Waals surface area contributed by atoms with Gasteiger partial charge in [-0.2, -0.15) is 0 Å². The van der Waals surface area contributed by atoms with E-state index in [0.29, 0.717) is 15.3 Å². The maximum Gasteiger partial charge on any atom is 0.264 e. The Hall–Kier alpha value is -1.24. The van der Waals surface area contributed by atoms with Gasteiger partial charge in [0.1, 0.15) is 11.6 Å². The minimum Gasteiger partial charge on any atom is -0.306 e. The number of nitrogens with zero attached hydrogens (tertiary/aromatic N) is 1. The third-order valence-electron chi connectivity index (χ3n) is 4.07. The standard InChI is InChI=1S/C16H16FIN2O/c1-9-8-11(17)6-7-12(9)15-19-14(10-4-2-3-5-10)13(18)16(21)20-15/h6-8,10H,2-5H2,1H3,(H,19,20,21). The number of hydrogen-bond donors (Lipinski definition) is 1. The Morgan fingerprint density at radius 1 is 1.33 bits per heavy atom. The van der Waals surface area contributed by atoms with E-state index in [2.05, 4.69) is 27.6 Å². The van der Waals surface area contributed by atoms with Crippen molar-refractivity contribution in [1.82, 2.24) is 9.97 Å². The molecular weight excluding hydrogens is 382 g/mol. The Morgan fingerprint density at radius 3 is 2.71 bits per heavy atom. The van der Waals surface area contributed by atoms with Gasteiger partial charge in [-0.15, -0.1) is 0 Å². The normalized spacial score (nSPS) is 15.6. The van der Waals surface area contributed by atoms with Crippen molar-refractivity contribution < 1.29 is 4.39 Å². The second kappa shape index (κ2) is 5.87. The van der Waals surface area contributed by atoms with Crippen molar-refractivity contribution in [2.24, 2.45) is 0 Å².